The lowest BCUT2D eigenvalue weighted by Crippen LogP contribution is -2.52. The van der Waals surface area contributed by atoms with Crippen LogP contribution in [0.4, 0.5) is 0 Å². The van der Waals surface area contributed by atoms with Crippen LogP contribution >= 0.6 is 39.0 Å². The second-order valence-electron chi connectivity index (χ2n) is 5.33. The van der Waals surface area contributed by atoms with Crippen molar-refractivity contribution in [2.75, 3.05) is 12.0 Å². The smallest absolute Gasteiger partial charge is 0.271 e. The van der Waals surface area contributed by atoms with Crippen LogP contribution in [-0.4, -0.2) is 38.3 Å². The van der Waals surface area contributed by atoms with Gasteiger partial charge >= 0.3 is 0 Å². The second-order valence-corrected chi connectivity index (χ2v) is 9.89. The van der Waals surface area contributed by atoms with Crippen molar-refractivity contribution in [2.45, 2.75) is 17.4 Å². The molecule has 0 spiro atoms. The summed E-state index contributed by atoms with van der Waals surface area (Å²) in [7, 11) is -3.89. The van der Waals surface area contributed by atoms with Crippen molar-refractivity contribution in [3.63, 3.8) is 0 Å². The van der Waals surface area contributed by atoms with Crippen LogP contribution in [0.2, 0.25) is 0 Å². The van der Waals surface area contributed by atoms with Crippen LogP contribution in [0.15, 0.2) is 51.1 Å². The number of amides is 2. The minimum atomic E-state index is -3.89. The summed E-state index contributed by atoms with van der Waals surface area (Å²) >= 11 is 5.97. The number of rotatable bonds is 8. The second kappa shape index (κ2) is 10.2. The number of benzene rings is 1. The van der Waals surface area contributed by atoms with E-state index in [1.807, 2.05) is 6.26 Å². The van der Waals surface area contributed by atoms with Crippen molar-refractivity contribution in [3.8, 4) is 0 Å². The van der Waals surface area contributed by atoms with Crippen molar-refractivity contribution in [1.82, 2.24) is 15.6 Å². The Morgan fingerprint density at radius 3 is 2.48 bits per heavy atom. The molecule has 1 unspecified atom stereocenters. The van der Waals surface area contributed by atoms with E-state index in [2.05, 4.69) is 31.5 Å². The minimum Gasteiger partial charge on any atom is -0.271 e. The lowest BCUT2D eigenvalue weighted by Gasteiger charge is -2.18. The lowest BCUT2D eigenvalue weighted by atomic mass is 10.2. The summed E-state index contributed by atoms with van der Waals surface area (Å²) in [6, 6.07) is 8.40. The quantitative estimate of drug-likeness (QED) is 0.491. The highest BCUT2D eigenvalue weighted by Crippen LogP contribution is 2.15. The first kappa shape index (κ1) is 21.9. The highest BCUT2D eigenvalue weighted by Gasteiger charge is 2.26. The van der Waals surface area contributed by atoms with Gasteiger partial charge in [0.2, 0.25) is 10.0 Å². The molecule has 0 fully saturated rings. The predicted molar refractivity (Wildman–Crippen MR) is 111 cm³/mol. The molecule has 0 aliphatic carbocycles. The number of sulfonamides is 1. The van der Waals surface area contributed by atoms with Crippen LogP contribution in [0.3, 0.4) is 0 Å². The van der Waals surface area contributed by atoms with Gasteiger partial charge in [0.1, 0.15) is 6.04 Å². The van der Waals surface area contributed by atoms with Gasteiger partial charge in [0.15, 0.2) is 0 Å². The largest absolute Gasteiger partial charge is 0.279 e. The van der Waals surface area contributed by atoms with Gasteiger partial charge in [-0.2, -0.15) is 16.5 Å². The summed E-state index contributed by atoms with van der Waals surface area (Å²) in [5, 5.41) is 1.74. The molecule has 1 atom stereocenters. The lowest BCUT2D eigenvalue weighted by molar-refractivity contribution is -0.123. The number of thioether (sulfide) groups is 1. The van der Waals surface area contributed by atoms with Gasteiger partial charge < -0.3 is 0 Å². The molecule has 7 nitrogen and oxygen atoms in total. The van der Waals surface area contributed by atoms with E-state index in [0.717, 1.165) is 4.47 Å². The number of thiophene rings is 1. The summed E-state index contributed by atoms with van der Waals surface area (Å²) in [5.41, 5.74) is 4.59. The van der Waals surface area contributed by atoms with Gasteiger partial charge in [-0.3, -0.25) is 20.4 Å². The van der Waals surface area contributed by atoms with Crippen LogP contribution < -0.4 is 15.6 Å². The van der Waals surface area contributed by atoms with Crippen LogP contribution in [0, 0.1) is 0 Å². The SMILES string of the molecule is CSCCC(NS(=O)(=O)c1ccc(Br)cc1)C(=O)NNC(=O)c1cccs1. The van der Waals surface area contributed by atoms with Gasteiger partial charge in [-0.1, -0.05) is 22.0 Å². The van der Waals surface area contributed by atoms with Crippen LogP contribution in [0.1, 0.15) is 16.1 Å². The van der Waals surface area contributed by atoms with Gasteiger partial charge in [-0.15, -0.1) is 11.3 Å². The molecule has 11 heteroatoms. The van der Waals surface area contributed by atoms with E-state index in [0.29, 0.717) is 10.6 Å². The Kier molecular flexibility index (Phi) is 8.29. The molecule has 0 aliphatic heterocycles. The molecule has 1 aromatic carbocycles. The molecule has 0 saturated heterocycles. The summed E-state index contributed by atoms with van der Waals surface area (Å²) in [6.45, 7) is 0. The molecule has 1 aromatic heterocycles. The van der Waals surface area contributed by atoms with Crippen LogP contribution in [0.25, 0.3) is 0 Å². The van der Waals surface area contributed by atoms with E-state index >= 15 is 0 Å². The average molecular weight is 492 g/mol. The van der Waals surface area contributed by atoms with E-state index in [9.17, 15) is 18.0 Å². The highest BCUT2D eigenvalue weighted by atomic mass is 79.9. The zero-order valence-corrected chi connectivity index (χ0v) is 18.3. The molecular formula is C16H18BrN3O4S3. The predicted octanol–water partition coefficient (Wildman–Crippen LogP) is 2.37. The Balaban J connectivity index is 2.05. The topological polar surface area (TPSA) is 104 Å². The van der Waals surface area contributed by atoms with Gasteiger partial charge in [0, 0.05) is 4.47 Å². The maximum absolute atomic E-state index is 12.5. The third-order valence-corrected chi connectivity index (χ3v) is 6.92. The number of hydrazine groups is 1. The number of nitrogens with one attached hydrogen (secondary N) is 3. The molecule has 2 aromatic rings. The van der Waals surface area contributed by atoms with Gasteiger partial charge in [0.25, 0.3) is 11.8 Å². The van der Waals surface area contributed by atoms with E-state index in [4.69, 9.17) is 0 Å². The Morgan fingerprint density at radius 2 is 1.89 bits per heavy atom. The maximum Gasteiger partial charge on any atom is 0.279 e. The molecule has 27 heavy (non-hydrogen) atoms. The maximum atomic E-state index is 12.5. The number of carbonyl (C=O) groups is 2. The Morgan fingerprint density at radius 1 is 1.19 bits per heavy atom. The fraction of sp³-hybridized carbons (Fsp3) is 0.250. The molecular weight excluding hydrogens is 474 g/mol. The first-order valence-corrected chi connectivity index (χ1v) is 12.3. The third-order valence-electron chi connectivity index (χ3n) is 3.39. The van der Waals surface area contributed by atoms with Gasteiger partial charge in [0.05, 0.1) is 9.77 Å². The normalized spacial score (nSPS) is 12.4. The number of carbonyl (C=O) groups excluding carboxylic acids is 2. The summed E-state index contributed by atoms with van der Waals surface area (Å²) in [6.07, 6.45) is 2.13. The molecule has 2 amide bonds. The van der Waals surface area contributed by atoms with Gasteiger partial charge in [-0.05, 0) is 54.1 Å². The molecule has 0 radical (unpaired) electrons. The Hall–Kier alpha value is -1.40. The van der Waals surface area contributed by atoms with Crippen molar-refractivity contribution in [1.29, 1.82) is 0 Å². The molecule has 146 valence electrons. The zero-order chi connectivity index (χ0) is 19.9. The van der Waals surface area contributed by atoms with E-state index in [-0.39, 0.29) is 11.3 Å². The average Bonchev–Trinajstić information content (AvgIpc) is 3.18. The Bertz CT molecular complexity index is 871. The summed E-state index contributed by atoms with van der Waals surface area (Å²) < 4.78 is 28.2. The number of hydrogen-bond donors (Lipinski definition) is 3. The van der Waals surface area contributed by atoms with E-state index in [1.165, 1.54) is 35.2 Å². The Labute approximate surface area is 174 Å². The van der Waals surface area contributed by atoms with E-state index < -0.39 is 27.9 Å². The fourth-order valence-corrected chi connectivity index (χ4v) is 4.61. The standard InChI is InChI=1S/C16H18BrN3O4S3/c1-25-10-8-13(15(21)18-19-16(22)14-3-2-9-26-14)20-27(23,24)12-6-4-11(17)5-7-12/h2-7,9,13,20H,8,10H2,1H3,(H,18,21)(H,19,22). The van der Waals surface area contributed by atoms with Crippen molar-refractivity contribution in [2.24, 2.45) is 0 Å². The molecule has 0 bridgehead atoms. The number of halogens is 1. The molecule has 3 N–H and O–H groups in total. The third kappa shape index (κ3) is 6.61. The molecule has 1 heterocycles. The molecule has 0 saturated carbocycles. The van der Waals surface area contributed by atoms with Crippen molar-refractivity contribution < 1.29 is 18.0 Å². The number of hydrogen-bond acceptors (Lipinski definition) is 6. The highest BCUT2D eigenvalue weighted by molar-refractivity contribution is 9.10. The fourth-order valence-electron chi connectivity index (χ4n) is 2.02. The first-order valence-electron chi connectivity index (χ1n) is 7.74. The van der Waals surface area contributed by atoms with Gasteiger partial charge in [-0.25, -0.2) is 8.42 Å². The minimum absolute atomic E-state index is 0.0512. The zero-order valence-electron chi connectivity index (χ0n) is 14.3. The summed E-state index contributed by atoms with van der Waals surface area (Å²) in [4.78, 5) is 24.8. The summed E-state index contributed by atoms with van der Waals surface area (Å²) in [5.74, 6) is -0.521. The van der Waals surface area contributed by atoms with Crippen molar-refractivity contribution >= 4 is 60.9 Å². The van der Waals surface area contributed by atoms with Crippen molar-refractivity contribution in [3.05, 3.63) is 51.1 Å². The molecule has 0 aliphatic rings. The van der Waals surface area contributed by atoms with E-state index in [1.54, 1.807) is 29.6 Å². The molecule has 2 rings (SSSR count). The first-order chi connectivity index (χ1) is 12.8. The van der Waals surface area contributed by atoms with Crippen LogP contribution in [-0.2, 0) is 14.8 Å². The van der Waals surface area contributed by atoms with Crippen LogP contribution in [0.5, 0.6) is 0 Å². The monoisotopic (exact) mass is 491 g/mol.